The van der Waals surface area contributed by atoms with Crippen LogP contribution in [-0.4, -0.2) is 70.3 Å². The maximum absolute atomic E-state index is 14.8. The van der Waals surface area contributed by atoms with Gasteiger partial charge in [0.1, 0.15) is 17.2 Å². The highest BCUT2D eigenvalue weighted by atomic mass is 32.2. The van der Waals surface area contributed by atoms with Crippen molar-refractivity contribution in [2.24, 2.45) is 0 Å². The lowest BCUT2D eigenvalue weighted by Crippen LogP contribution is -2.57. The number of alkyl halides is 3. The molecule has 210 valence electrons. The molecule has 0 radical (unpaired) electrons. The molecule has 2 aliphatic rings. The monoisotopic (exact) mass is 565 g/mol. The average molecular weight is 566 g/mol. The highest BCUT2D eigenvalue weighted by Crippen LogP contribution is 2.37. The highest BCUT2D eigenvalue weighted by Gasteiger charge is 2.50. The highest BCUT2D eigenvalue weighted by molar-refractivity contribution is 7.90. The zero-order valence-corrected chi connectivity index (χ0v) is 21.9. The average Bonchev–Trinajstić information content (AvgIpc) is 3.34. The Morgan fingerprint density at radius 2 is 1.84 bits per heavy atom. The minimum atomic E-state index is -5.70. The fourth-order valence-corrected chi connectivity index (χ4v) is 5.85. The second kappa shape index (κ2) is 9.75. The number of benzene rings is 1. The molecular weight excluding hydrogens is 537 g/mol. The second-order valence-electron chi connectivity index (χ2n) is 10.5. The van der Waals surface area contributed by atoms with Gasteiger partial charge in [0.05, 0.1) is 24.0 Å². The van der Waals surface area contributed by atoms with E-state index >= 15 is 0 Å². The predicted octanol–water partition coefficient (Wildman–Crippen LogP) is 3.51. The number of fused-ring (bicyclic) bond motifs is 1. The van der Waals surface area contributed by atoms with Crippen LogP contribution in [0, 0.1) is 11.6 Å². The lowest BCUT2D eigenvalue weighted by Gasteiger charge is -2.46. The molecule has 38 heavy (non-hydrogen) atoms. The Kier molecular flexibility index (Phi) is 7.25. The summed E-state index contributed by atoms with van der Waals surface area (Å²) in [5.74, 6) is -1.32. The zero-order chi connectivity index (χ0) is 28.2. The summed E-state index contributed by atoms with van der Waals surface area (Å²) in [6.45, 7) is 5.28. The fourth-order valence-electron chi connectivity index (χ4n) is 5.02. The number of likely N-dealkylation sites (tertiary alicyclic amines) is 1. The van der Waals surface area contributed by atoms with E-state index in [1.807, 2.05) is 0 Å². The van der Waals surface area contributed by atoms with Gasteiger partial charge in [-0.3, -0.25) is 9.80 Å². The van der Waals surface area contributed by atoms with Gasteiger partial charge in [-0.05, 0) is 52.4 Å². The first-order valence-electron chi connectivity index (χ1n) is 11.7. The Morgan fingerprint density at radius 3 is 2.47 bits per heavy atom. The maximum atomic E-state index is 14.8. The van der Waals surface area contributed by atoms with E-state index in [0.717, 1.165) is 24.4 Å². The number of amides is 1. The number of rotatable bonds is 4. The molecule has 3 heterocycles. The molecular formula is C23H28F5N5O4S. The molecule has 1 aromatic carbocycles. The predicted molar refractivity (Wildman–Crippen MR) is 125 cm³/mol. The minimum Gasteiger partial charge on any atom is -0.444 e. The van der Waals surface area contributed by atoms with E-state index in [1.54, 1.807) is 37.6 Å². The lowest BCUT2D eigenvalue weighted by molar-refractivity contribution is -0.0450. The van der Waals surface area contributed by atoms with Crippen molar-refractivity contribution >= 4 is 16.1 Å². The molecule has 0 saturated carbocycles. The van der Waals surface area contributed by atoms with Crippen molar-refractivity contribution in [1.29, 1.82) is 0 Å². The van der Waals surface area contributed by atoms with Crippen LogP contribution in [-0.2, 0) is 27.8 Å². The van der Waals surface area contributed by atoms with E-state index in [2.05, 4.69) is 10.4 Å². The van der Waals surface area contributed by atoms with Crippen LogP contribution in [0.1, 0.15) is 50.1 Å². The number of halogens is 5. The number of alkyl carbamates (subject to hydrolysis) is 1. The van der Waals surface area contributed by atoms with Crippen LogP contribution in [0.2, 0.25) is 0 Å². The number of carbonyl (C=O) groups is 1. The summed E-state index contributed by atoms with van der Waals surface area (Å²) < 4.78 is 97.6. The van der Waals surface area contributed by atoms with Crippen molar-refractivity contribution < 1.29 is 39.9 Å². The number of nitrogens with zero attached hydrogens (tertiary/aromatic N) is 4. The molecule has 1 saturated heterocycles. The first kappa shape index (κ1) is 28.2. The Labute approximate surface area is 216 Å². The van der Waals surface area contributed by atoms with Crippen LogP contribution < -0.4 is 5.32 Å². The van der Waals surface area contributed by atoms with Crippen LogP contribution in [0.3, 0.4) is 0 Å². The smallest absolute Gasteiger partial charge is 0.444 e. The van der Waals surface area contributed by atoms with Crippen LogP contribution in [0.4, 0.5) is 26.7 Å². The molecule has 1 N–H and O–H groups in total. The molecule has 1 amide bonds. The van der Waals surface area contributed by atoms with Gasteiger partial charge in [-0.2, -0.15) is 30.8 Å². The van der Waals surface area contributed by atoms with E-state index in [-0.39, 0.29) is 47.4 Å². The van der Waals surface area contributed by atoms with Crippen LogP contribution >= 0.6 is 0 Å². The molecule has 1 aromatic heterocycles. The SMILES string of the molecule is CN1C[C@H](N2Cc3cnn(S(=O)(=O)C(F)(F)F)c3C2)C[C@H](NC(=O)OC(C)(C)C)C1c1cc(F)ccc1F. The number of nitrogens with one attached hydrogen (secondary N) is 1. The van der Waals surface area contributed by atoms with Gasteiger partial charge in [0.15, 0.2) is 0 Å². The van der Waals surface area contributed by atoms with E-state index in [1.165, 1.54) is 0 Å². The van der Waals surface area contributed by atoms with Crippen molar-refractivity contribution in [3.63, 3.8) is 0 Å². The Hall–Kier alpha value is -2.78. The Bertz CT molecular complexity index is 1320. The van der Waals surface area contributed by atoms with E-state index in [0.29, 0.717) is 5.56 Å². The van der Waals surface area contributed by atoms with Gasteiger partial charge in [0.2, 0.25) is 0 Å². The standard InChI is InChI=1S/C23H28F5N5O4S/c1-22(2,3)37-21(34)30-18-8-15(11-31(4)20(18)16-7-14(24)5-6-17(16)25)32-10-13-9-29-33(19(13)12-32)38(35,36)23(26,27)28/h5-7,9,15,18,20H,8,10-12H2,1-4H3,(H,30,34)/t15-,18+,20?/m1/s1. The topological polar surface area (TPSA) is 96.8 Å². The molecule has 0 spiro atoms. The summed E-state index contributed by atoms with van der Waals surface area (Å²) in [7, 11) is -4.05. The van der Waals surface area contributed by atoms with Crippen molar-refractivity contribution in [2.75, 3.05) is 13.6 Å². The van der Waals surface area contributed by atoms with Gasteiger partial charge in [0.25, 0.3) is 0 Å². The van der Waals surface area contributed by atoms with Gasteiger partial charge in [-0.25, -0.2) is 13.6 Å². The summed E-state index contributed by atoms with van der Waals surface area (Å²) in [5, 5.41) is 6.19. The van der Waals surface area contributed by atoms with Crippen LogP contribution in [0.25, 0.3) is 0 Å². The first-order valence-corrected chi connectivity index (χ1v) is 13.2. The van der Waals surface area contributed by atoms with Crippen LogP contribution in [0.15, 0.2) is 24.4 Å². The van der Waals surface area contributed by atoms with Gasteiger partial charge in [-0.1, -0.05) is 0 Å². The number of hydrogen-bond donors (Lipinski definition) is 1. The molecule has 4 rings (SSSR count). The molecule has 2 aliphatic heterocycles. The van der Waals surface area contributed by atoms with Crippen molar-refractivity contribution in [3.05, 3.63) is 52.9 Å². The molecule has 3 atom stereocenters. The first-order chi connectivity index (χ1) is 17.5. The second-order valence-corrected chi connectivity index (χ2v) is 12.3. The summed E-state index contributed by atoms with van der Waals surface area (Å²) in [6, 6.07) is 1.11. The minimum absolute atomic E-state index is 0.0101. The molecule has 9 nitrogen and oxygen atoms in total. The van der Waals surface area contributed by atoms with E-state index < -0.39 is 50.9 Å². The number of aromatic nitrogens is 2. The quantitative estimate of drug-likeness (QED) is 0.567. The zero-order valence-electron chi connectivity index (χ0n) is 21.1. The molecule has 1 fully saturated rings. The number of hydrogen-bond acceptors (Lipinski definition) is 7. The summed E-state index contributed by atoms with van der Waals surface area (Å²) >= 11 is 0. The molecule has 1 unspecified atom stereocenters. The van der Waals surface area contributed by atoms with Crippen molar-refractivity contribution in [1.82, 2.24) is 24.3 Å². The summed E-state index contributed by atoms with van der Waals surface area (Å²) in [5.41, 5.74) is -6.08. The molecule has 15 heteroatoms. The molecule has 2 aromatic rings. The molecule has 0 aliphatic carbocycles. The lowest BCUT2D eigenvalue weighted by atomic mass is 9.87. The van der Waals surface area contributed by atoms with E-state index in [9.17, 15) is 35.2 Å². The third kappa shape index (κ3) is 5.50. The Morgan fingerprint density at radius 1 is 1.16 bits per heavy atom. The number of piperidine rings is 1. The van der Waals surface area contributed by atoms with Gasteiger partial charge >= 0.3 is 21.6 Å². The van der Waals surface area contributed by atoms with Gasteiger partial charge in [0, 0.05) is 36.8 Å². The number of ether oxygens (including phenoxy) is 1. The van der Waals surface area contributed by atoms with Crippen molar-refractivity contribution in [3.8, 4) is 0 Å². The Balaban J connectivity index is 1.61. The summed E-state index contributed by atoms with van der Waals surface area (Å²) in [6.07, 6.45) is 0.524. The summed E-state index contributed by atoms with van der Waals surface area (Å²) in [4.78, 5) is 16.1. The maximum Gasteiger partial charge on any atom is 0.518 e. The van der Waals surface area contributed by atoms with E-state index in [4.69, 9.17) is 4.74 Å². The normalized spacial score (nSPS) is 23.3. The third-order valence-electron chi connectivity index (χ3n) is 6.54. The number of likely N-dealkylation sites (N-methyl/N-ethyl adjacent to an activating group) is 1. The van der Waals surface area contributed by atoms with Crippen molar-refractivity contribution in [2.45, 2.75) is 69.5 Å². The van der Waals surface area contributed by atoms with Gasteiger partial charge < -0.3 is 10.1 Å². The fraction of sp³-hybridized carbons (Fsp3) is 0.565. The van der Waals surface area contributed by atoms with Gasteiger partial charge in [-0.15, -0.1) is 0 Å². The third-order valence-corrected chi connectivity index (χ3v) is 7.90. The number of carbonyl (C=O) groups excluding carboxylic acids is 1. The largest absolute Gasteiger partial charge is 0.518 e. The molecule has 0 bridgehead atoms. The van der Waals surface area contributed by atoms with Crippen LogP contribution in [0.5, 0.6) is 0 Å².